The van der Waals surface area contributed by atoms with E-state index in [1.165, 1.54) is 0 Å². The van der Waals surface area contributed by atoms with Gasteiger partial charge in [-0.05, 0) is 6.07 Å². The second kappa shape index (κ2) is 4.74. The van der Waals surface area contributed by atoms with Crippen LogP contribution in [0.1, 0.15) is 5.56 Å². The summed E-state index contributed by atoms with van der Waals surface area (Å²) in [4.78, 5) is 0. The summed E-state index contributed by atoms with van der Waals surface area (Å²) in [5.74, 6) is 0.838. The number of nitrogens with two attached hydrogens (primary N) is 2. The second-order valence-corrected chi connectivity index (χ2v) is 2.45. The van der Waals surface area contributed by atoms with E-state index in [0.717, 1.165) is 11.3 Å². The lowest BCUT2D eigenvalue weighted by Gasteiger charge is -2.08. The Bertz CT molecular complexity index is 238. The number of hydrogen-bond donors (Lipinski definition) is 2. The van der Waals surface area contributed by atoms with Crippen LogP contribution in [0.3, 0.4) is 0 Å². The standard InChI is InChI=1S/C9H14N2O/c10-5-6-12-9-4-2-1-3-8(9)7-11/h1-4H,5-7,10-11H2. The summed E-state index contributed by atoms with van der Waals surface area (Å²) in [7, 11) is 0. The number of para-hydroxylation sites is 1. The van der Waals surface area contributed by atoms with E-state index in [1.807, 2.05) is 24.3 Å². The van der Waals surface area contributed by atoms with Crippen molar-refractivity contribution in [2.75, 3.05) is 13.2 Å². The summed E-state index contributed by atoms with van der Waals surface area (Å²) in [6, 6.07) is 7.71. The fourth-order valence-electron chi connectivity index (χ4n) is 0.982. The maximum absolute atomic E-state index is 5.51. The molecule has 0 spiro atoms. The molecule has 1 aromatic rings. The molecule has 66 valence electrons. The number of ether oxygens (including phenoxy) is 1. The highest BCUT2D eigenvalue weighted by Crippen LogP contribution is 2.16. The van der Waals surface area contributed by atoms with Gasteiger partial charge in [0.1, 0.15) is 12.4 Å². The maximum atomic E-state index is 5.51. The molecule has 0 fully saturated rings. The molecule has 1 aromatic carbocycles. The van der Waals surface area contributed by atoms with E-state index < -0.39 is 0 Å². The Morgan fingerprint density at radius 3 is 2.58 bits per heavy atom. The van der Waals surface area contributed by atoms with Gasteiger partial charge in [0.15, 0.2) is 0 Å². The third-order valence-corrected chi connectivity index (χ3v) is 1.57. The largest absolute Gasteiger partial charge is 0.492 e. The van der Waals surface area contributed by atoms with Gasteiger partial charge in [-0.25, -0.2) is 0 Å². The quantitative estimate of drug-likeness (QED) is 0.684. The summed E-state index contributed by atoms with van der Waals surface area (Å²) >= 11 is 0. The average molecular weight is 166 g/mol. The summed E-state index contributed by atoms with van der Waals surface area (Å²) < 4.78 is 5.37. The van der Waals surface area contributed by atoms with Gasteiger partial charge in [-0.1, -0.05) is 18.2 Å². The van der Waals surface area contributed by atoms with Crippen molar-refractivity contribution in [2.45, 2.75) is 6.54 Å². The van der Waals surface area contributed by atoms with Crippen LogP contribution in [0.25, 0.3) is 0 Å². The molecule has 0 amide bonds. The van der Waals surface area contributed by atoms with Crippen LogP contribution in [0, 0.1) is 0 Å². The molecule has 0 aromatic heterocycles. The minimum absolute atomic E-state index is 0.501. The molecule has 3 nitrogen and oxygen atoms in total. The Balaban J connectivity index is 2.68. The smallest absolute Gasteiger partial charge is 0.123 e. The van der Waals surface area contributed by atoms with Crippen LogP contribution >= 0.6 is 0 Å². The SMILES string of the molecule is NCCOc1ccccc1CN. The Labute approximate surface area is 72.3 Å². The topological polar surface area (TPSA) is 61.3 Å². The minimum Gasteiger partial charge on any atom is -0.492 e. The molecule has 1 rings (SSSR count). The lowest BCUT2D eigenvalue weighted by molar-refractivity contribution is 0.325. The lowest BCUT2D eigenvalue weighted by Crippen LogP contribution is -2.12. The molecule has 0 atom stereocenters. The van der Waals surface area contributed by atoms with Crippen molar-refractivity contribution < 1.29 is 4.74 Å². The van der Waals surface area contributed by atoms with E-state index in [-0.39, 0.29) is 0 Å². The molecular formula is C9H14N2O. The first-order valence-electron chi connectivity index (χ1n) is 3.99. The first-order chi connectivity index (χ1) is 5.88. The van der Waals surface area contributed by atoms with Crippen LogP contribution in [0.2, 0.25) is 0 Å². The molecule has 0 saturated heterocycles. The Morgan fingerprint density at radius 1 is 1.17 bits per heavy atom. The van der Waals surface area contributed by atoms with Gasteiger partial charge >= 0.3 is 0 Å². The number of hydrogen-bond acceptors (Lipinski definition) is 3. The van der Waals surface area contributed by atoms with Gasteiger partial charge in [0.25, 0.3) is 0 Å². The highest BCUT2D eigenvalue weighted by molar-refractivity contribution is 5.32. The summed E-state index contributed by atoms with van der Waals surface area (Å²) in [5, 5.41) is 0. The van der Waals surface area contributed by atoms with Crippen molar-refractivity contribution in [3.63, 3.8) is 0 Å². The fourth-order valence-corrected chi connectivity index (χ4v) is 0.982. The predicted octanol–water partition coefficient (Wildman–Crippen LogP) is 0.483. The molecule has 0 saturated carbocycles. The van der Waals surface area contributed by atoms with Crippen molar-refractivity contribution in [3.8, 4) is 5.75 Å². The van der Waals surface area contributed by atoms with Crippen LogP contribution in [0.4, 0.5) is 0 Å². The molecule has 0 aliphatic heterocycles. The monoisotopic (exact) mass is 166 g/mol. The first kappa shape index (κ1) is 9.03. The second-order valence-electron chi connectivity index (χ2n) is 2.45. The van der Waals surface area contributed by atoms with Gasteiger partial charge in [-0.15, -0.1) is 0 Å². The van der Waals surface area contributed by atoms with Crippen LogP contribution in [0.5, 0.6) is 5.75 Å². The molecule has 3 heteroatoms. The van der Waals surface area contributed by atoms with Gasteiger partial charge in [-0.2, -0.15) is 0 Å². The van der Waals surface area contributed by atoms with Crippen molar-refractivity contribution in [1.82, 2.24) is 0 Å². The van der Waals surface area contributed by atoms with Gasteiger partial charge < -0.3 is 16.2 Å². The van der Waals surface area contributed by atoms with Crippen LogP contribution < -0.4 is 16.2 Å². The summed E-state index contributed by atoms with van der Waals surface area (Å²) in [5.41, 5.74) is 11.8. The Morgan fingerprint density at radius 2 is 1.92 bits per heavy atom. The number of rotatable bonds is 4. The molecule has 0 radical (unpaired) electrons. The molecule has 0 aliphatic carbocycles. The normalized spacial score (nSPS) is 9.83. The third kappa shape index (κ3) is 2.22. The molecular weight excluding hydrogens is 152 g/mol. The van der Waals surface area contributed by atoms with Gasteiger partial charge in [0.05, 0.1) is 0 Å². The summed E-state index contributed by atoms with van der Waals surface area (Å²) in [6.45, 7) is 1.57. The lowest BCUT2D eigenvalue weighted by atomic mass is 10.2. The van der Waals surface area contributed by atoms with Crippen molar-refractivity contribution in [3.05, 3.63) is 29.8 Å². The Kier molecular flexibility index (Phi) is 3.57. The van der Waals surface area contributed by atoms with E-state index in [4.69, 9.17) is 16.2 Å². The molecule has 12 heavy (non-hydrogen) atoms. The van der Waals surface area contributed by atoms with Crippen molar-refractivity contribution in [1.29, 1.82) is 0 Å². The van der Waals surface area contributed by atoms with Crippen LogP contribution in [-0.2, 0) is 6.54 Å². The van der Waals surface area contributed by atoms with Crippen LogP contribution in [-0.4, -0.2) is 13.2 Å². The molecule has 0 bridgehead atoms. The molecule has 0 unspecified atom stereocenters. The van der Waals surface area contributed by atoms with E-state index in [1.54, 1.807) is 0 Å². The number of benzene rings is 1. The molecule has 4 N–H and O–H groups in total. The zero-order valence-corrected chi connectivity index (χ0v) is 6.99. The van der Waals surface area contributed by atoms with E-state index >= 15 is 0 Å². The zero-order chi connectivity index (χ0) is 8.81. The third-order valence-electron chi connectivity index (χ3n) is 1.57. The maximum Gasteiger partial charge on any atom is 0.123 e. The van der Waals surface area contributed by atoms with E-state index in [2.05, 4.69) is 0 Å². The minimum atomic E-state index is 0.501. The van der Waals surface area contributed by atoms with Crippen molar-refractivity contribution in [2.24, 2.45) is 11.5 Å². The Hall–Kier alpha value is -1.06. The highest BCUT2D eigenvalue weighted by Gasteiger charge is 1.98. The average Bonchev–Trinajstić information content (AvgIpc) is 2.15. The zero-order valence-electron chi connectivity index (χ0n) is 6.99. The fraction of sp³-hybridized carbons (Fsp3) is 0.333. The summed E-state index contributed by atoms with van der Waals surface area (Å²) in [6.07, 6.45) is 0. The highest BCUT2D eigenvalue weighted by atomic mass is 16.5. The van der Waals surface area contributed by atoms with E-state index in [0.29, 0.717) is 19.7 Å². The van der Waals surface area contributed by atoms with E-state index in [9.17, 15) is 0 Å². The van der Waals surface area contributed by atoms with Gasteiger partial charge in [-0.3, -0.25) is 0 Å². The first-order valence-corrected chi connectivity index (χ1v) is 3.99. The van der Waals surface area contributed by atoms with Gasteiger partial charge in [0, 0.05) is 18.7 Å². The predicted molar refractivity (Wildman–Crippen MR) is 48.9 cm³/mol. The van der Waals surface area contributed by atoms with Crippen molar-refractivity contribution >= 4 is 0 Å². The molecule has 0 aliphatic rings. The van der Waals surface area contributed by atoms with Crippen LogP contribution in [0.15, 0.2) is 24.3 Å². The molecule has 0 heterocycles. The van der Waals surface area contributed by atoms with Gasteiger partial charge in [0.2, 0.25) is 0 Å².